The molecule has 0 fully saturated rings. The van der Waals surface area contributed by atoms with Gasteiger partial charge in [0, 0.05) is 12.8 Å². The fraction of sp³-hybridized carbons (Fsp3) is 0.933. The molecule has 0 radical (unpaired) electrons. The van der Waals surface area contributed by atoms with Gasteiger partial charge >= 0.3 is 41.5 Å². The number of aliphatic hydroxyl groups excluding tert-OH is 2. The van der Waals surface area contributed by atoms with Crippen molar-refractivity contribution in [3.8, 4) is 0 Å². The van der Waals surface area contributed by atoms with Crippen LogP contribution >= 0.6 is 7.82 Å². The summed E-state index contributed by atoms with van der Waals surface area (Å²) in [7, 11) is -4.84. The maximum absolute atomic E-state index is 12.4. The van der Waals surface area contributed by atoms with E-state index in [2.05, 4.69) is 18.4 Å². The monoisotopic (exact) mass is 632 g/mol. The number of aliphatic hydroxyl groups is 2. The SMILES string of the molecule is CCCCCCCCCCCC(=O)OC[C@H](COP(=O)([O-])OCC(O)CO)OC(=O)CCCCCCCCCCC.[Na+]. The van der Waals surface area contributed by atoms with Gasteiger partial charge < -0.3 is 33.6 Å². The summed E-state index contributed by atoms with van der Waals surface area (Å²) in [4.78, 5) is 36.6. The Labute approximate surface area is 276 Å². The molecule has 12 heteroatoms. The molecule has 0 spiro atoms. The summed E-state index contributed by atoms with van der Waals surface area (Å²) in [6, 6.07) is 0. The maximum atomic E-state index is 12.4. The maximum Gasteiger partial charge on any atom is 1.00 e. The molecule has 244 valence electrons. The summed E-state index contributed by atoms with van der Waals surface area (Å²) in [6.45, 7) is 2.11. The molecule has 10 nitrogen and oxygen atoms in total. The Bertz CT molecular complexity index is 682. The summed E-state index contributed by atoms with van der Waals surface area (Å²) < 4.78 is 31.9. The normalized spacial score (nSPS) is 14.0. The van der Waals surface area contributed by atoms with Crippen LogP contribution in [0.15, 0.2) is 0 Å². The van der Waals surface area contributed by atoms with Crippen LogP contribution < -0.4 is 34.5 Å². The van der Waals surface area contributed by atoms with Crippen LogP contribution in [-0.4, -0.2) is 60.8 Å². The van der Waals surface area contributed by atoms with Crippen LogP contribution in [-0.2, 0) is 32.7 Å². The van der Waals surface area contributed by atoms with Crippen LogP contribution in [0.5, 0.6) is 0 Å². The van der Waals surface area contributed by atoms with E-state index in [9.17, 15) is 24.2 Å². The van der Waals surface area contributed by atoms with E-state index < -0.39 is 51.8 Å². The number of rotatable bonds is 30. The second-order valence-electron chi connectivity index (χ2n) is 10.8. The molecule has 0 heterocycles. The topological polar surface area (TPSA) is 152 Å². The van der Waals surface area contributed by atoms with Gasteiger partial charge in [-0.1, -0.05) is 117 Å². The molecule has 0 saturated heterocycles. The molecular formula is C30H58NaO10P. The van der Waals surface area contributed by atoms with Crippen LogP contribution in [0, 0.1) is 0 Å². The first-order valence-corrected chi connectivity index (χ1v) is 17.4. The predicted octanol–water partition coefficient (Wildman–Crippen LogP) is 3.14. The Morgan fingerprint density at radius 1 is 0.667 bits per heavy atom. The van der Waals surface area contributed by atoms with E-state index in [1.807, 2.05) is 0 Å². The fourth-order valence-electron chi connectivity index (χ4n) is 4.22. The first kappa shape index (κ1) is 44.1. The Kier molecular flexibility index (Phi) is 32.5. The Hall–Kier alpha value is -0.0300. The average molecular weight is 633 g/mol. The molecule has 0 aromatic rings. The van der Waals surface area contributed by atoms with Gasteiger partial charge in [-0.05, 0) is 12.8 Å². The minimum absolute atomic E-state index is 0. The summed E-state index contributed by atoms with van der Waals surface area (Å²) in [5.41, 5.74) is 0. The third kappa shape index (κ3) is 30.0. The number of carbonyl (C=O) groups is 2. The van der Waals surface area contributed by atoms with E-state index in [0.717, 1.165) is 38.5 Å². The second kappa shape index (κ2) is 31.0. The van der Waals surface area contributed by atoms with Crippen LogP contribution in [0.3, 0.4) is 0 Å². The van der Waals surface area contributed by atoms with Crippen molar-refractivity contribution in [1.82, 2.24) is 0 Å². The van der Waals surface area contributed by atoms with Crippen molar-refractivity contribution < 1.29 is 77.3 Å². The number of esters is 2. The molecule has 3 atom stereocenters. The van der Waals surface area contributed by atoms with E-state index in [4.69, 9.17) is 19.1 Å². The summed E-state index contributed by atoms with van der Waals surface area (Å²) in [5.74, 6) is -0.963. The third-order valence-electron chi connectivity index (χ3n) is 6.75. The molecule has 0 aromatic heterocycles. The molecule has 0 amide bonds. The Balaban J connectivity index is 0. The van der Waals surface area contributed by atoms with Crippen LogP contribution in [0.25, 0.3) is 0 Å². The number of hydrogen-bond donors (Lipinski definition) is 2. The van der Waals surface area contributed by atoms with E-state index >= 15 is 0 Å². The number of phosphoric ester groups is 1. The van der Waals surface area contributed by atoms with Crippen molar-refractivity contribution in [2.75, 3.05) is 26.4 Å². The first-order valence-electron chi connectivity index (χ1n) is 16.0. The van der Waals surface area contributed by atoms with Crippen LogP contribution in [0.4, 0.5) is 0 Å². The van der Waals surface area contributed by atoms with Gasteiger partial charge in [0.25, 0.3) is 7.82 Å². The average Bonchev–Trinajstić information content (AvgIpc) is 2.95. The van der Waals surface area contributed by atoms with Crippen molar-refractivity contribution in [2.24, 2.45) is 0 Å². The molecule has 0 aliphatic heterocycles. The number of phosphoric acid groups is 1. The molecule has 2 N–H and O–H groups in total. The quantitative estimate of drug-likeness (QED) is 0.0523. The molecule has 0 aliphatic carbocycles. The molecule has 0 aliphatic rings. The summed E-state index contributed by atoms with van der Waals surface area (Å²) in [5, 5.41) is 18.1. The fourth-order valence-corrected chi connectivity index (χ4v) is 5.00. The Morgan fingerprint density at radius 2 is 1.07 bits per heavy atom. The second-order valence-corrected chi connectivity index (χ2v) is 12.2. The van der Waals surface area contributed by atoms with Gasteiger partial charge in [0.2, 0.25) is 0 Å². The van der Waals surface area contributed by atoms with Crippen molar-refractivity contribution in [3.05, 3.63) is 0 Å². The number of ether oxygens (including phenoxy) is 2. The molecule has 0 bridgehead atoms. The number of carbonyl (C=O) groups excluding carboxylic acids is 2. The predicted molar refractivity (Wildman–Crippen MR) is 157 cm³/mol. The van der Waals surface area contributed by atoms with E-state index in [-0.39, 0.29) is 49.0 Å². The van der Waals surface area contributed by atoms with Crippen LogP contribution in [0.2, 0.25) is 0 Å². The van der Waals surface area contributed by atoms with E-state index in [1.165, 1.54) is 64.2 Å². The van der Waals surface area contributed by atoms with Crippen LogP contribution in [0.1, 0.15) is 142 Å². The number of hydrogen-bond acceptors (Lipinski definition) is 10. The molecule has 42 heavy (non-hydrogen) atoms. The molecule has 0 rings (SSSR count). The Morgan fingerprint density at radius 3 is 1.52 bits per heavy atom. The van der Waals surface area contributed by atoms with Gasteiger partial charge in [0.1, 0.15) is 12.7 Å². The van der Waals surface area contributed by atoms with Crippen molar-refractivity contribution >= 4 is 19.8 Å². The summed E-state index contributed by atoms with van der Waals surface area (Å²) in [6.07, 6.45) is 17.9. The smallest absolute Gasteiger partial charge is 0.756 e. The zero-order valence-corrected chi connectivity index (χ0v) is 29.6. The minimum atomic E-state index is -4.84. The van der Waals surface area contributed by atoms with Gasteiger partial charge in [0.15, 0.2) is 6.10 Å². The minimum Gasteiger partial charge on any atom is -0.756 e. The third-order valence-corrected chi connectivity index (χ3v) is 7.68. The molecule has 2 unspecified atom stereocenters. The van der Waals surface area contributed by atoms with Crippen molar-refractivity contribution in [2.45, 2.75) is 154 Å². The molecule has 0 aromatic carbocycles. The van der Waals surface area contributed by atoms with E-state index in [0.29, 0.717) is 12.8 Å². The molecule has 0 saturated carbocycles. The van der Waals surface area contributed by atoms with Crippen molar-refractivity contribution in [3.63, 3.8) is 0 Å². The van der Waals surface area contributed by atoms with E-state index in [1.54, 1.807) is 0 Å². The van der Waals surface area contributed by atoms with Crippen molar-refractivity contribution in [1.29, 1.82) is 0 Å². The molecular weight excluding hydrogens is 574 g/mol. The number of unbranched alkanes of at least 4 members (excludes halogenated alkanes) is 16. The summed E-state index contributed by atoms with van der Waals surface area (Å²) >= 11 is 0. The first-order chi connectivity index (χ1) is 19.7. The van der Waals surface area contributed by atoms with Gasteiger partial charge in [-0.2, -0.15) is 0 Å². The standard InChI is InChI=1S/C30H59O10P.Na/c1-3-5-7-9-11-13-15-17-19-21-29(33)37-25-28(26-39-41(35,36)38-24-27(32)23-31)40-30(34)22-20-18-16-14-12-10-8-6-4-2;/h27-28,31-32H,3-26H2,1-2H3,(H,35,36);/q;+1/p-1/t27?,28-;/m1./s1. The van der Waals surface area contributed by atoms with Gasteiger partial charge in [-0.25, -0.2) is 0 Å². The zero-order valence-electron chi connectivity index (χ0n) is 26.7. The zero-order chi connectivity index (χ0) is 30.6. The largest absolute Gasteiger partial charge is 1.00 e. The van der Waals surface area contributed by atoms with Gasteiger partial charge in [-0.15, -0.1) is 0 Å². The van der Waals surface area contributed by atoms with Gasteiger partial charge in [0.05, 0.1) is 19.8 Å². The van der Waals surface area contributed by atoms with Gasteiger partial charge in [-0.3, -0.25) is 14.2 Å².